The van der Waals surface area contributed by atoms with Crippen molar-refractivity contribution in [3.63, 3.8) is 0 Å². The molecular weight excluding hydrogens is 180 g/mol. The van der Waals surface area contributed by atoms with Gasteiger partial charge in [-0.2, -0.15) is 0 Å². The van der Waals surface area contributed by atoms with Crippen LogP contribution in [0.2, 0.25) is 0 Å². The van der Waals surface area contributed by atoms with Gasteiger partial charge in [0.15, 0.2) is 0 Å². The Bertz CT molecular complexity index is 172. The average Bonchev–Trinajstić information content (AvgIpc) is 1.80. The number of halogens is 1. The molecule has 0 fully saturated rings. The van der Waals surface area contributed by atoms with Crippen LogP contribution in [0.3, 0.4) is 0 Å². The Morgan fingerprint density at radius 3 is 2.89 bits per heavy atom. The quantitative estimate of drug-likeness (QED) is 0.583. The third kappa shape index (κ3) is 1.56. The summed E-state index contributed by atoms with van der Waals surface area (Å²) in [6.07, 6.45) is 4.01. The molecule has 1 aliphatic heterocycles. The predicted octanol–water partition coefficient (Wildman–Crippen LogP) is 1.36. The summed E-state index contributed by atoms with van der Waals surface area (Å²) >= 11 is 3.36. The molecule has 1 aliphatic rings. The van der Waals surface area contributed by atoms with Crippen molar-refractivity contribution >= 4 is 15.9 Å². The fourth-order valence-corrected chi connectivity index (χ4v) is 1.15. The first-order valence-electron chi connectivity index (χ1n) is 2.76. The molecule has 0 saturated carbocycles. The van der Waals surface area contributed by atoms with Crippen molar-refractivity contribution in [3.8, 4) is 0 Å². The summed E-state index contributed by atoms with van der Waals surface area (Å²) in [5.41, 5.74) is 1.09. The smallest absolute Gasteiger partial charge is 0.0533 e. The van der Waals surface area contributed by atoms with Crippen LogP contribution in [0.15, 0.2) is 22.3 Å². The van der Waals surface area contributed by atoms with Gasteiger partial charge >= 0.3 is 0 Å². The van der Waals surface area contributed by atoms with Gasteiger partial charge in [-0.1, -0.05) is 15.9 Å². The highest BCUT2D eigenvalue weighted by Crippen LogP contribution is 2.15. The Morgan fingerprint density at radius 1 is 1.78 bits per heavy atom. The maximum absolute atomic E-state index is 5.54. The molecule has 3 heteroatoms. The van der Waals surface area contributed by atoms with E-state index in [1.165, 1.54) is 0 Å². The molecule has 0 aromatic rings. The molecule has 0 aromatic heterocycles. The largest absolute Gasteiger partial charge is 0.312 e. The highest BCUT2D eigenvalue weighted by Gasteiger charge is 2.02. The molecule has 2 nitrogen and oxygen atoms in total. The maximum Gasteiger partial charge on any atom is 0.0533 e. The molecule has 9 heavy (non-hydrogen) atoms. The molecule has 2 N–H and O–H groups in total. The summed E-state index contributed by atoms with van der Waals surface area (Å²) in [5.74, 6) is 5.54. The highest BCUT2D eigenvalue weighted by atomic mass is 79.9. The second-order valence-corrected chi connectivity index (χ2v) is 2.94. The van der Waals surface area contributed by atoms with Gasteiger partial charge in [0.05, 0.1) is 6.54 Å². The molecule has 0 radical (unpaired) electrons. The summed E-state index contributed by atoms with van der Waals surface area (Å²) in [7, 11) is 0. The number of hydrogen-bond donors (Lipinski definition) is 1. The first-order valence-corrected chi connectivity index (χ1v) is 3.55. The first-order chi connectivity index (χ1) is 4.20. The van der Waals surface area contributed by atoms with E-state index in [9.17, 15) is 0 Å². The van der Waals surface area contributed by atoms with Gasteiger partial charge < -0.3 is 5.01 Å². The molecule has 0 amide bonds. The van der Waals surface area contributed by atoms with Gasteiger partial charge in [0.2, 0.25) is 0 Å². The van der Waals surface area contributed by atoms with Gasteiger partial charge in [0.1, 0.15) is 0 Å². The lowest BCUT2D eigenvalue weighted by atomic mass is 10.3. The minimum absolute atomic E-state index is 0.795. The standard InChI is InChI=1S/C6H9BrN2/c1-5-4-6(7)2-3-9(5)8/h2,4H,3,8H2,1H3. The molecular formula is C6H9BrN2. The molecule has 0 bridgehead atoms. The van der Waals surface area contributed by atoms with Crippen LogP contribution in [0.5, 0.6) is 0 Å². The van der Waals surface area contributed by atoms with Crippen molar-refractivity contribution in [2.24, 2.45) is 5.84 Å². The zero-order chi connectivity index (χ0) is 6.85. The van der Waals surface area contributed by atoms with E-state index in [4.69, 9.17) is 5.84 Å². The minimum Gasteiger partial charge on any atom is -0.312 e. The minimum atomic E-state index is 0.795. The van der Waals surface area contributed by atoms with E-state index in [2.05, 4.69) is 15.9 Å². The summed E-state index contributed by atoms with van der Waals surface area (Å²) in [4.78, 5) is 0. The topological polar surface area (TPSA) is 29.3 Å². The van der Waals surface area contributed by atoms with E-state index in [0.717, 1.165) is 16.7 Å². The predicted molar refractivity (Wildman–Crippen MR) is 41.7 cm³/mol. The van der Waals surface area contributed by atoms with Crippen LogP contribution in [0.4, 0.5) is 0 Å². The zero-order valence-corrected chi connectivity index (χ0v) is 6.85. The van der Waals surface area contributed by atoms with Gasteiger partial charge in [-0.05, 0) is 19.1 Å². The van der Waals surface area contributed by atoms with Crippen LogP contribution >= 0.6 is 15.9 Å². The van der Waals surface area contributed by atoms with E-state index in [1.807, 2.05) is 19.1 Å². The normalized spacial score (nSPS) is 19.2. The summed E-state index contributed by atoms with van der Waals surface area (Å²) < 4.78 is 1.11. The summed E-state index contributed by atoms with van der Waals surface area (Å²) in [6.45, 7) is 2.77. The maximum atomic E-state index is 5.54. The summed E-state index contributed by atoms with van der Waals surface area (Å²) in [5, 5.41) is 1.70. The molecule has 0 unspecified atom stereocenters. The Labute approximate surface area is 63.1 Å². The number of nitrogens with zero attached hydrogens (tertiary/aromatic N) is 1. The molecule has 0 aromatic carbocycles. The SMILES string of the molecule is CC1=CC(Br)=CCN1N. The first kappa shape index (κ1) is 6.83. The fourth-order valence-electron chi connectivity index (χ4n) is 0.671. The number of nitrogens with two attached hydrogens (primary N) is 1. The van der Waals surface area contributed by atoms with E-state index in [-0.39, 0.29) is 0 Å². The van der Waals surface area contributed by atoms with Crippen LogP contribution in [0.25, 0.3) is 0 Å². The van der Waals surface area contributed by atoms with Gasteiger partial charge in [0.25, 0.3) is 0 Å². The molecule has 0 spiro atoms. The van der Waals surface area contributed by atoms with Crippen LogP contribution in [0, 0.1) is 0 Å². The van der Waals surface area contributed by atoms with E-state index in [0.29, 0.717) is 0 Å². The van der Waals surface area contributed by atoms with Crippen LogP contribution in [-0.4, -0.2) is 11.6 Å². The van der Waals surface area contributed by atoms with Crippen molar-refractivity contribution in [2.75, 3.05) is 6.54 Å². The third-order valence-corrected chi connectivity index (χ3v) is 1.84. The zero-order valence-electron chi connectivity index (χ0n) is 5.26. The van der Waals surface area contributed by atoms with Crippen molar-refractivity contribution < 1.29 is 0 Å². The van der Waals surface area contributed by atoms with Crippen LogP contribution < -0.4 is 5.84 Å². The third-order valence-electron chi connectivity index (χ3n) is 1.28. The summed E-state index contributed by atoms with van der Waals surface area (Å²) in [6, 6.07) is 0. The molecule has 0 saturated heterocycles. The Balaban J connectivity index is 2.74. The van der Waals surface area contributed by atoms with Gasteiger partial charge in [-0.15, -0.1) is 0 Å². The van der Waals surface area contributed by atoms with E-state index in [1.54, 1.807) is 5.01 Å². The lowest BCUT2D eigenvalue weighted by Gasteiger charge is -2.20. The van der Waals surface area contributed by atoms with E-state index < -0.39 is 0 Å². The second-order valence-electron chi connectivity index (χ2n) is 2.03. The molecule has 0 aliphatic carbocycles. The van der Waals surface area contributed by atoms with Crippen molar-refractivity contribution in [1.29, 1.82) is 0 Å². The van der Waals surface area contributed by atoms with E-state index >= 15 is 0 Å². The Hall–Kier alpha value is -0.280. The number of rotatable bonds is 0. The fraction of sp³-hybridized carbons (Fsp3) is 0.333. The molecule has 1 rings (SSSR count). The van der Waals surface area contributed by atoms with Crippen molar-refractivity contribution in [1.82, 2.24) is 5.01 Å². The van der Waals surface area contributed by atoms with Crippen molar-refractivity contribution in [3.05, 3.63) is 22.3 Å². The van der Waals surface area contributed by atoms with Gasteiger partial charge in [0, 0.05) is 10.2 Å². The number of hydrogen-bond acceptors (Lipinski definition) is 2. The lowest BCUT2D eigenvalue weighted by molar-refractivity contribution is 0.395. The Kier molecular flexibility index (Phi) is 1.93. The Morgan fingerprint density at radius 2 is 2.44 bits per heavy atom. The number of hydrazine groups is 1. The number of allylic oxidation sites excluding steroid dienone is 3. The monoisotopic (exact) mass is 188 g/mol. The highest BCUT2D eigenvalue weighted by molar-refractivity contribution is 9.11. The van der Waals surface area contributed by atoms with Gasteiger partial charge in [-0.3, -0.25) is 0 Å². The van der Waals surface area contributed by atoms with Crippen LogP contribution in [-0.2, 0) is 0 Å². The average molecular weight is 189 g/mol. The van der Waals surface area contributed by atoms with Crippen molar-refractivity contribution in [2.45, 2.75) is 6.92 Å². The van der Waals surface area contributed by atoms with Crippen LogP contribution in [0.1, 0.15) is 6.92 Å². The molecule has 1 heterocycles. The van der Waals surface area contributed by atoms with Gasteiger partial charge in [-0.25, -0.2) is 5.84 Å². The second kappa shape index (κ2) is 2.54. The molecule has 50 valence electrons. The lowest BCUT2D eigenvalue weighted by Crippen LogP contribution is -2.30. The molecule has 0 atom stereocenters.